The molecule has 0 aliphatic carbocycles. The van der Waals surface area contributed by atoms with Crippen LogP contribution >= 0.6 is 0 Å². The molecule has 3 aliphatic rings. The topological polar surface area (TPSA) is 3.24 Å². The summed E-state index contributed by atoms with van der Waals surface area (Å²) in [6.45, 7) is 4.89. The Balaban J connectivity index is 1.65. The summed E-state index contributed by atoms with van der Waals surface area (Å²) in [5, 5.41) is 0. The quantitative estimate of drug-likeness (QED) is 0.763. The molecule has 2 bridgehead atoms. The van der Waals surface area contributed by atoms with E-state index in [1.54, 1.807) is 0 Å². The minimum absolute atomic E-state index is 0.588. The molecule has 0 amide bonds. The van der Waals surface area contributed by atoms with Gasteiger partial charge in [-0.15, -0.1) is 0 Å². The number of fused-ring (bicyclic) bond motifs is 3. The van der Waals surface area contributed by atoms with E-state index in [0.717, 1.165) is 0 Å². The monoisotopic (exact) mass is 279 g/mol. The molecular formula is C19H23N2+. The smallest absolute Gasteiger partial charge is 0.127 e. The largest absolute Gasteiger partial charge is 0.316 e. The average Bonchev–Trinajstić information content (AvgIpc) is 2.56. The van der Waals surface area contributed by atoms with Crippen molar-refractivity contribution < 1.29 is 4.48 Å². The summed E-state index contributed by atoms with van der Waals surface area (Å²) in [6.07, 6.45) is 0. The first kappa shape index (κ1) is 13.1. The van der Waals surface area contributed by atoms with Crippen LogP contribution in [0.2, 0.25) is 0 Å². The average molecular weight is 279 g/mol. The first-order valence-corrected chi connectivity index (χ1v) is 7.94. The predicted molar refractivity (Wildman–Crippen MR) is 85.9 cm³/mol. The summed E-state index contributed by atoms with van der Waals surface area (Å²) in [6, 6.07) is 23.3. The van der Waals surface area contributed by atoms with Crippen LogP contribution in [0, 0.1) is 0 Å². The second-order valence-electron chi connectivity index (χ2n) is 6.73. The molecule has 0 aromatic heterocycles. The lowest BCUT2D eigenvalue weighted by atomic mass is 9.90. The molecule has 3 heterocycles. The van der Waals surface area contributed by atoms with Crippen molar-refractivity contribution in [1.82, 2.24) is 4.90 Å². The summed E-state index contributed by atoms with van der Waals surface area (Å²) in [5.41, 5.74) is 2.98. The van der Waals surface area contributed by atoms with Crippen LogP contribution < -0.4 is 0 Å². The van der Waals surface area contributed by atoms with Crippen molar-refractivity contribution in [2.45, 2.75) is 12.1 Å². The Morgan fingerprint density at radius 1 is 0.905 bits per heavy atom. The molecule has 3 aliphatic heterocycles. The van der Waals surface area contributed by atoms with E-state index in [1.807, 2.05) is 0 Å². The number of piperazine rings is 3. The highest BCUT2D eigenvalue weighted by atomic mass is 15.5. The summed E-state index contributed by atoms with van der Waals surface area (Å²) in [7, 11) is 2.45. The standard InChI is InChI=1S/C19H23N2/c1-21-13-12-20(14-19(21)17-10-6-3-7-11-17)18(15-21)16-8-4-2-5-9-16/h2-11,18-19H,12-15H2,1H3/q+1/t18-,19-,21-/m0/s1. The van der Waals surface area contributed by atoms with Gasteiger partial charge in [-0.05, 0) is 5.56 Å². The molecule has 0 radical (unpaired) electrons. The minimum atomic E-state index is 0.588. The maximum atomic E-state index is 2.69. The Kier molecular flexibility index (Phi) is 3.09. The Hall–Kier alpha value is -1.64. The molecule has 1 unspecified atom stereocenters. The van der Waals surface area contributed by atoms with Gasteiger partial charge in [-0.1, -0.05) is 60.7 Å². The highest BCUT2D eigenvalue weighted by molar-refractivity contribution is 5.23. The van der Waals surface area contributed by atoms with Gasteiger partial charge >= 0.3 is 0 Å². The third kappa shape index (κ3) is 2.19. The zero-order chi connectivity index (χ0) is 14.3. The summed E-state index contributed by atoms with van der Waals surface area (Å²) >= 11 is 0. The summed E-state index contributed by atoms with van der Waals surface area (Å²) in [5.74, 6) is 0. The van der Waals surface area contributed by atoms with Gasteiger partial charge in [-0.3, -0.25) is 4.90 Å². The number of likely N-dealkylation sites (N-methyl/N-ethyl adjacent to an activating group) is 1. The Morgan fingerprint density at radius 3 is 2.14 bits per heavy atom. The second kappa shape index (κ2) is 4.97. The number of nitrogens with zero attached hydrogens (tertiary/aromatic N) is 2. The van der Waals surface area contributed by atoms with Crippen molar-refractivity contribution >= 4 is 0 Å². The van der Waals surface area contributed by atoms with E-state index in [1.165, 1.54) is 41.8 Å². The van der Waals surface area contributed by atoms with Gasteiger partial charge in [0.2, 0.25) is 0 Å². The Morgan fingerprint density at radius 2 is 1.52 bits per heavy atom. The molecule has 0 saturated carbocycles. The molecular weight excluding hydrogens is 256 g/mol. The van der Waals surface area contributed by atoms with Crippen LogP contribution in [0.1, 0.15) is 23.2 Å². The normalized spacial score (nSPS) is 34.8. The fourth-order valence-electron chi connectivity index (χ4n) is 4.17. The van der Waals surface area contributed by atoms with E-state index < -0.39 is 0 Å². The van der Waals surface area contributed by atoms with Crippen LogP contribution in [0.4, 0.5) is 0 Å². The lowest BCUT2D eigenvalue weighted by Gasteiger charge is -2.57. The van der Waals surface area contributed by atoms with Gasteiger partial charge in [0.1, 0.15) is 6.04 Å². The summed E-state index contributed by atoms with van der Waals surface area (Å²) < 4.78 is 1.18. The van der Waals surface area contributed by atoms with Gasteiger partial charge in [-0.25, -0.2) is 0 Å². The van der Waals surface area contributed by atoms with Gasteiger partial charge < -0.3 is 4.48 Å². The molecule has 4 atom stereocenters. The van der Waals surface area contributed by atoms with E-state index in [0.29, 0.717) is 12.1 Å². The third-order valence-electron chi connectivity index (χ3n) is 5.46. The Bertz CT molecular complexity index is 610. The van der Waals surface area contributed by atoms with E-state index in [9.17, 15) is 0 Å². The van der Waals surface area contributed by atoms with Crippen molar-refractivity contribution in [2.75, 3.05) is 33.2 Å². The van der Waals surface area contributed by atoms with Gasteiger partial charge in [-0.2, -0.15) is 0 Å². The number of hydrogen-bond donors (Lipinski definition) is 0. The fourth-order valence-corrected chi connectivity index (χ4v) is 4.17. The molecule has 108 valence electrons. The summed E-state index contributed by atoms with van der Waals surface area (Å²) in [4.78, 5) is 2.69. The lowest BCUT2D eigenvalue weighted by molar-refractivity contribution is -0.957. The number of hydrogen-bond acceptors (Lipinski definition) is 1. The van der Waals surface area contributed by atoms with Gasteiger partial charge in [0.25, 0.3) is 0 Å². The van der Waals surface area contributed by atoms with Gasteiger partial charge in [0.05, 0.1) is 32.7 Å². The van der Waals surface area contributed by atoms with E-state index >= 15 is 0 Å². The molecule has 2 nitrogen and oxygen atoms in total. The SMILES string of the molecule is C[N@@+]12CCN(C[C@H]1c1ccccc1)[C@H](c1ccccc1)C2. The van der Waals surface area contributed by atoms with E-state index in [-0.39, 0.29) is 0 Å². The van der Waals surface area contributed by atoms with Crippen molar-refractivity contribution in [3.8, 4) is 0 Å². The predicted octanol–water partition coefficient (Wildman–Crippen LogP) is 3.24. The van der Waals surface area contributed by atoms with Crippen LogP contribution in [0.15, 0.2) is 60.7 Å². The van der Waals surface area contributed by atoms with Crippen LogP contribution in [-0.4, -0.2) is 42.6 Å². The maximum absolute atomic E-state index is 2.69. The lowest BCUT2D eigenvalue weighted by Crippen LogP contribution is -2.67. The molecule has 21 heavy (non-hydrogen) atoms. The van der Waals surface area contributed by atoms with Crippen molar-refractivity contribution in [3.63, 3.8) is 0 Å². The number of rotatable bonds is 2. The molecule has 3 saturated heterocycles. The van der Waals surface area contributed by atoms with Crippen molar-refractivity contribution in [1.29, 1.82) is 0 Å². The number of benzene rings is 2. The molecule has 0 N–H and O–H groups in total. The highest BCUT2D eigenvalue weighted by Crippen LogP contribution is 2.42. The highest BCUT2D eigenvalue weighted by Gasteiger charge is 2.49. The van der Waals surface area contributed by atoms with Gasteiger partial charge in [0.15, 0.2) is 0 Å². The zero-order valence-electron chi connectivity index (χ0n) is 12.7. The van der Waals surface area contributed by atoms with Crippen LogP contribution in [0.25, 0.3) is 0 Å². The van der Waals surface area contributed by atoms with Crippen molar-refractivity contribution in [3.05, 3.63) is 71.8 Å². The van der Waals surface area contributed by atoms with Crippen LogP contribution in [0.3, 0.4) is 0 Å². The minimum Gasteiger partial charge on any atom is -0.316 e. The molecule has 2 aromatic rings. The first-order chi connectivity index (χ1) is 10.3. The van der Waals surface area contributed by atoms with E-state index in [2.05, 4.69) is 72.6 Å². The van der Waals surface area contributed by atoms with Crippen LogP contribution in [0.5, 0.6) is 0 Å². The van der Waals surface area contributed by atoms with Crippen LogP contribution in [-0.2, 0) is 0 Å². The molecule has 5 rings (SSSR count). The first-order valence-electron chi connectivity index (χ1n) is 7.94. The zero-order valence-corrected chi connectivity index (χ0v) is 12.7. The van der Waals surface area contributed by atoms with E-state index in [4.69, 9.17) is 0 Å². The molecule has 2 aromatic carbocycles. The second-order valence-corrected chi connectivity index (χ2v) is 6.73. The van der Waals surface area contributed by atoms with Crippen molar-refractivity contribution in [2.24, 2.45) is 0 Å². The molecule has 0 spiro atoms. The number of quaternary nitrogens is 1. The Labute approximate surface area is 127 Å². The molecule has 3 fully saturated rings. The molecule has 2 heteroatoms. The van der Waals surface area contributed by atoms with Gasteiger partial charge in [0, 0.05) is 12.1 Å². The third-order valence-corrected chi connectivity index (χ3v) is 5.46. The fraction of sp³-hybridized carbons (Fsp3) is 0.368. The maximum Gasteiger partial charge on any atom is 0.127 e.